The van der Waals surface area contributed by atoms with Gasteiger partial charge in [0.15, 0.2) is 5.40 Å². The molecule has 11 heteroatoms. The molecule has 0 aliphatic rings. The lowest BCUT2D eigenvalue weighted by Gasteiger charge is -2.31. The largest absolute Gasteiger partial charge is 0.346 e. The molecule has 0 amide bonds. The SMILES string of the molecule is CCCCCC(CC(P(=O)(OCC)OCC)P(=O)(OCC)OCC)[N+](=O)[O-]. The van der Waals surface area contributed by atoms with Crippen LogP contribution in [0.25, 0.3) is 0 Å². The van der Waals surface area contributed by atoms with E-state index in [9.17, 15) is 19.2 Å². The Morgan fingerprint density at radius 3 is 1.52 bits per heavy atom. The topological polar surface area (TPSA) is 114 Å². The lowest BCUT2D eigenvalue weighted by atomic mass is 10.1. The van der Waals surface area contributed by atoms with Crippen LogP contribution in [0, 0.1) is 10.1 Å². The maximum absolute atomic E-state index is 13.4. The van der Waals surface area contributed by atoms with E-state index in [1.165, 1.54) is 0 Å². The Labute approximate surface area is 162 Å². The first-order chi connectivity index (χ1) is 12.7. The van der Waals surface area contributed by atoms with Gasteiger partial charge in [-0.05, 0) is 34.1 Å². The minimum absolute atomic E-state index is 0.0466. The van der Waals surface area contributed by atoms with Crippen molar-refractivity contribution >= 4 is 15.2 Å². The van der Waals surface area contributed by atoms with Crippen LogP contribution in [-0.2, 0) is 27.2 Å². The van der Waals surface area contributed by atoms with E-state index in [0.717, 1.165) is 12.8 Å². The monoisotopic (exact) mass is 431 g/mol. The summed E-state index contributed by atoms with van der Waals surface area (Å²) in [5.41, 5.74) is 0. The van der Waals surface area contributed by atoms with Crippen molar-refractivity contribution in [3.63, 3.8) is 0 Å². The molecule has 0 N–H and O–H groups in total. The zero-order valence-electron chi connectivity index (χ0n) is 17.1. The van der Waals surface area contributed by atoms with Crippen LogP contribution >= 0.6 is 15.2 Å². The van der Waals surface area contributed by atoms with Crippen LogP contribution in [0.15, 0.2) is 0 Å². The standard InChI is InChI=1S/C16H35NO8P2/c1-6-11-12-13-15(17(18)19)14-16(26(20,22-7-2)23-8-3)27(21,24-9-4)25-10-5/h15-16H,6-14H2,1-5H3. The molecule has 9 nitrogen and oxygen atoms in total. The minimum atomic E-state index is -3.96. The highest BCUT2D eigenvalue weighted by molar-refractivity contribution is 7.72. The van der Waals surface area contributed by atoms with E-state index in [-0.39, 0.29) is 39.3 Å². The Morgan fingerprint density at radius 2 is 1.22 bits per heavy atom. The molecule has 0 aromatic rings. The quantitative estimate of drug-likeness (QED) is 0.129. The molecule has 0 saturated carbocycles. The summed E-state index contributed by atoms with van der Waals surface area (Å²) >= 11 is 0. The highest BCUT2D eigenvalue weighted by Gasteiger charge is 2.53. The van der Waals surface area contributed by atoms with Crippen molar-refractivity contribution in [1.82, 2.24) is 0 Å². The predicted molar refractivity (Wildman–Crippen MR) is 105 cm³/mol. The molecule has 162 valence electrons. The number of nitrogens with zero attached hydrogens (tertiary/aromatic N) is 1. The van der Waals surface area contributed by atoms with Crippen molar-refractivity contribution in [3.05, 3.63) is 10.1 Å². The maximum atomic E-state index is 13.4. The van der Waals surface area contributed by atoms with Gasteiger partial charge in [0.1, 0.15) is 0 Å². The number of rotatable bonds is 17. The van der Waals surface area contributed by atoms with Gasteiger partial charge in [-0.25, -0.2) is 0 Å². The van der Waals surface area contributed by atoms with Crippen LogP contribution in [0.3, 0.4) is 0 Å². The summed E-state index contributed by atoms with van der Waals surface area (Å²) in [5.74, 6) is 0. The van der Waals surface area contributed by atoms with Crippen molar-refractivity contribution in [2.75, 3.05) is 26.4 Å². The zero-order chi connectivity index (χ0) is 20.9. The molecule has 0 bridgehead atoms. The number of unbranched alkanes of at least 4 members (excludes halogenated alkanes) is 2. The van der Waals surface area contributed by atoms with Crippen LogP contribution in [0.1, 0.15) is 66.7 Å². The lowest BCUT2D eigenvalue weighted by molar-refractivity contribution is -0.524. The first-order valence-electron chi connectivity index (χ1n) is 9.65. The van der Waals surface area contributed by atoms with E-state index in [1.807, 2.05) is 6.92 Å². The molecule has 0 aromatic heterocycles. The molecule has 27 heavy (non-hydrogen) atoms. The predicted octanol–water partition coefficient (Wildman–Crippen LogP) is 5.46. The van der Waals surface area contributed by atoms with E-state index < -0.39 is 31.6 Å². The Bertz CT molecular complexity index is 467. The maximum Gasteiger partial charge on any atom is 0.346 e. The van der Waals surface area contributed by atoms with Crippen molar-refractivity contribution in [3.8, 4) is 0 Å². The Balaban J connectivity index is 5.95. The molecule has 0 radical (unpaired) electrons. The Morgan fingerprint density at radius 1 is 0.815 bits per heavy atom. The molecular formula is C16H35NO8P2. The van der Waals surface area contributed by atoms with Gasteiger partial charge in [0.25, 0.3) is 0 Å². The molecular weight excluding hydrogens is 396 g/mol. The van der Waals surface area contributed by atoms with Crippen LogP contribution in [0.2, 0.25) is 0 Å². The van der Waals surface area contributed by atoms with Gasteiger partial charge in [-0.2, -0.15) is 0 Å². The summed E-state index contributed by atoms with van der Waals surface area (Å²) in [6.07, 6.45) is 2.44. The highest BCUT2D eigenvalue weighted by atomic mass is 31.2. The van der Waals surface area contributed by atoms with Gasteiger partial charge in [-0.15, -0.1) is 0 Å². The molecule has 0 fully saturated rings. The van der Waals surface area contributed by atoms with Crippen LogP contribution in [0.5, 0.6) is 0 Å². The van der Waals surface area contributed by atoms with E-state index in [1.54, 1.807) is 27.7 Å². The second-order valence-electron chi connectivity index (χ2n) is 5.90. The van der Waals surface area contributed by atoms with Crippen LogP contribution in [-0.4, -0.2) is 42.8 Å². The van der Waals surface area contributed by atoms with Gasteiger partial charge in [-0.1, -0.05) is 19.8 Å². The average molecular weight is 431 g/mol. The van der Waals surface area contributed by atoms with Gasteiger partial charge >= 0.3 is 15.2 Å². The molecule has 0 aromatic carbocycles. The first kappa shape index (κ1) is 26.7. The average Bonchev–Trinajstić information content (AvgIpc) is 2.58. The third-order valence-electron chi connectivity index (χ3n) is 3.89. The second-order valence-corrected chi connectivity index (χ2v) is 10.7. The number of hydrogen-bond acceptors (Lipinski definition) is 8. The van der Waals surface area contributed by atoms with Crippen molar-refractivity contribution < 1.29 is 32.1 Å². The summed E-state index contributed by atoms with van der Waals surface area (Å²) in [5, 5.41) is 10.2. The fourth-order valence-electron chi connectivity index (χ4n) is 2.75. The minimum Gasteiger partial charge on any atom is -0.308 e. The van der Waals surface area contributed by atoms with E-state index in [4.69, 9.17) is 18.1 Å². The van der Waals surface area contributed by atoms with Gasteiger partial charge in [-0.3, -0.25) is 19.2 Å². The molecule has 0 rings (SSSR count). The summed E-state index contributed by atoms with van der Waals surface area (Å²) < 4.78 is 48.2. The smallest absolute Gasteiger partial charge is 0.308 e. The van der Waals surface area contributed by atoms with E-state index in [2.05, 4.69) is 0 Å². The van der Waals surface area contributed by atoms with Crippen molar-refractivity contribution in [2.45, 2.75) is 78.2 Å². The van der Waals surface area contributed by atoms with Crippen molar-refractivity contribution in [1.29, 1.82) is 0 Å². The Kier molecular flexibility index (Phi) is 13.7. The molecule has 0 aliphatic carbocycles. The third-order valence-corrected chi connectivity index (χ3v) is 9.94. The van der Waals surface area contributed by atoms with E-state index >= 15 is 0 Å². The highest BCUT2D eigenvalue weighted by Crippen LogP contribution is 2.71. The molecule has 1 unspecified atom stereocenters. The van der Waals surface area contributed by atoms with Crippen LogP contribution < -0.4 is 0 Å². The summed E-state index contributed by atoms with van der Waals surface area (Å²) in [4.78, 5) is 11.2. The molecule has 0 aliphatic heterocycles. The number of nitro groups is 1. The Hall–Kier alpha value is -0.300. The van der Waals surface area contributed by atoms with Gasteiger partial charge in [0.05, 0.1) is 26.4 Å². The van der Waals surface area contributed by atoms with E-state index in [0.29, 0.717) is 6.42 Å². The zero-order valence-corrected chi connectivity index (χ0v) is 18.9. The lowest BCUT2D eigenvalue weighted by Crippen LogP contribution is -2.28. The number of hydrogen-bond donors (Lipinski definition) is 0. The normalized spacial score (nSPS) is 13.9. The second kappa shape index (κ2) is 13.8. The molecule has 0 heterocycles. The first-order valence-corrected chi connectivity index (χ1v) is 12.9. The summed E-state index contributed by atoms with van der Waals surface area (Å²) in [7, 11) is -7.92. The molecule has 0 saturated heterocycles. The summed E-state index contributed by atoms with van der Waals surface area (Å²) in [6.45, 7) is 8.69. The van der Waals surface area contributed by atoms with Gasteiger partial charge in [0, 0.05) is 17.8 Å². The van der Waals surface area contributed by atoms with Crippen molar-refractivity contribution in [2.24, 2.45) is 0 Å². The molecule has 1 atom stereocenters. The van der Waals surface area contributed by atoms with Gasteiger partial charge < -0.3 is 18.1 Å². The third kappa shape index (κ3) is 8.71. The fraction of sp³-hybridized carbons (Fsp3) is 1.00. The fourth-order valence-corrected chi connectivity index (χ4v) is 8.22. The van der Waals surface area contributed by atoms with Crippen LogP contribution in [0.4, 0.5) is 0 Å². The summed E-state index contributed by atoms with van der Waals surface area (Å²) in [6, 6.07) is -1.04. The molecule has 0 spiro atoms. The van der Waals surface area contributed by atoms with Gasteiger partial charge in [0.2, 0.25) is 6.04 Å².